The number of hydrogen-bond donors (Lipinski definition) is 1. The van der Waals surface area contributed by atoms with Gasteiger partial charge >= 0.3 is 6.18 Å². The van der Waals surface area contributed by atoms with E-state index in [0.29, 0.717) is 6.07 Å². The standard InChI is InChI=1S/C10H9F3N2O2/c11-10(12,13)8-4-7(2-1-3-14)5-9(6-8)15(16)17/h1-2,4-6H,3,14H2/b2-1+. The van der Waals surface area contributed by atoms with Crippen LogP contribution in [0.4, 0.5) is 18.9 Å². The lowest BCUT2D eigenvalue weighted by atomic mass is 10.1. The molecule has 0 radical (unpaired) electrons. The van der Waals surface area contributed by atoms with Crippen LogP contribution in [-0.2, 0) is 6.18 Å². The van der Waals surface area contributed by atoms with E-state index in [1.54, 1.807) is 0 Å². The van der Waals surface area contributed by atoms with Crippen LogP contribution in [0.2, 0.25) is 0 Å². The Labute approximate surface area is 94.7 Å². The first-order chi connectivity index (χ1) is 7.84. The Kier molecular flexibility index (Phi) is 3.84. The molecule has 1 aromatic rings. The van der Waals surface area contributed by atoms with E-state index in [9.17, 15) is 23.3 Å². The second kappa shape index (κ2) is 4.96. The van der Waals surface area contributed by atoms with Gasteiger partial charge in [-0.25, -0.2) is 0 Å². The summed E-state index contributed by atoms with van der Waals surface area (Å²) in [7, 11) is 0. The number of hydrogen-bond acceptors (Lipinski definition) is 3. The number of nitrogens with zero attached hydrogens (tertiary/aromatic N) is 1. The highest BCUT2D eigenvalue weighted by Gasteiger charge is 2.32. The molecule has 17 heavy (non-hydrogen) atoms. The summed E-state index contributed by atoms with van der Waals surface area (Å²) in [6.45, 7) is 0.143. The van der Waals surface area contributed by atoms with E-state index >= 15 is 0 Å². The zero-order valence-corrected chi connectivity index (χ0v) is 8.57. The average Bonchev–Trinajstić information content (AvgIpc) is 2.24. The van der Waals surface area contributed by atoms with E-state index in [-0.39, 0.29) is 12.1 Å². The predicted octanol–water partition coefficient (Wildman–Crippen LogP) is 2.59. The molecule has 0 atom stereocenters. The summed E-state index contributed by atoms with van der Waals surface area (Å²) in [5.41, 5.74) is 3.60. The molecule has 1 aromatic carbocycles. The summed E-state index contributed by atoms with van der Waals surface area (Å²) in [6.07, 6.45) is -1.89. The molecule has 7 heteroatoms. The van der Waals surface area contributed by atoms with Crippen LogP contribution in [0.25, 0.3) is 6.08 Å². The minimum Gasteiger partial charge on any atom is -0.327 e. The number of benzene rings is 1. The van der Waals surface area contributed by atoms with Crippen molar-refractivity contribution in [3.63, 3.8) is 0 Å². The van der Waals surface area contributed by atoms with Crippen molar-refractivity contribution in [3.05, 3.63) is 45.5 Å². The number of non-ortho nitro benzene ring substituents is 1. The molecule has 0 amide bonds. The highest BCUT2D eigenvalue weighted by atomic mass is 19.4. The zero-order chi connectivity index (χ0) is 13.1. The Bertz CT molecular complexity index is 455. The molecule has 92 valence electrons. The zero-order valence-electron chi connectivity index (χ0n) is 8.57. The van der Waals surface area contributed by atoms with Crippen molar-refractivity contribution in [2.24, 2.45) is 5.73 Å². The molecule has 0 aliphatic rings. The molecule has 0 aliphatic carbocycles. The Morgan fingerprint density at radius 2 is 2.00 bits per heavy atom. The minimum atomic E-state index is -4.61. The van der Waals surface area contributed by atoms with Crippen molar-refractivity contribution in [2.75, 3.05) is 6.54 Å². The highest BCUT2D eigenvalue weighted by Crippen LogP contribution is 2.32. The van der Waals surface area contributed by atoms with Gasteiger partial charge in [0.25, 0.3) is 5.69 Å². The SMILES string of the molecule is NC/C=C/c1cc([N+](=O)[O-])cc(C(F)(F)F)c1. The Morgan fingerprint density at radius 1 is 1.35 bits per heavy atom. The first-order valence-electron chi connectivity index (χ1n) is 4.58. The largest absolute Gasteiger partial charge is 0.416 e. The maximum atomic E-state index is 12.5. The summed E-state index contributed by atoms with van der Waals surface area (Å²) in [6, 6.07) is 2.39. The second-order valence-corrected chi connectivity index (χ2v) is 3.21. The van der Waals surface area contributed by atoms with Crippen LogP contribution in [0.3, 0.4) is 0 Å². The van der Waals surface area contributed by atoms with Crippen LogP contribution in [0.5, 0.6) is 0 Å². The molecule has 0 unspecified atom stereocenters. The molecular formula is C10H9F3N2O2. The number of nitro groups is 1. The number of nitrogens with two attached hydrogens (primary N) is 1. The fraction of sp³-hybridized carbons (Fsp3) is 0.200. The summed E-state index contributed by atoms with van der Waals surface area (Å²) in [5.74, 6) is 0. The van der Waals surface area contributed by atoms with Crippen LogP contribution in [0, 0.1) is 10.1 Å². The third kappa shape index (κ3) is 3.56. The molecule has 4 nitrogen and oxygen atoms in total. The minimum absolute atomic E-state index is 0.0944. The van der Waals surface area contributed by atoms with Crippen LogP contribution in [0.1, 0.15) is 11.1 Å². The van der Waals surface area contributed by atoms with Gasteiger partial charge in [0.05, 0.1) is 10.5 Å². The first-order valence-corrected chi connectivity index (χ1v) is 4.58. The lowest BCUT2D eigenvalue weighted by Crippen LogP contribution is -2.06. The Balaban J connectivity index is 3.29. The van der Waals surface area contributed by atoms with Crippen molar-refractivity contribution in [1.82, 2.24) is 0 Å². The monoisotopic (exact) mass is 246 g/mol. The van der Waals surface area contributed by atoms with Gasteiger partial charge in [-0.3, -0.25) is 10.1 Å². The second-order valence-electron chi connectivity index (χ2n) is 3.21. The molecule has 1 rings (SSSR count). The van der Waals surface area contributed by atoms with E-state index in [1.807, 2.05) is 0 Å². The van der Waals surface area contributed by atoms with E-state index in [1.165, 1.54) is 12.2 Å². The van der Waals surface area contributed by atoms with Crippen LogP contribution in [-0.4, -0.2) is 11.5 Å². The Hall–Kier alpha value is -1.89. The van der Waals surface area contributed by atoms with Crippen LogP contribution < -0.4 is 5.73 Å². The smallest absolute Gasteiger partial charge is 0.327 e. The van der Waals surface area contributed by atoms with E-state index in [4.69, 9.17) is 5.73 Å². The lowest BCUT2D eigenvalue weighted by Gasteiger charge is -2.07. The van der Waals surface area contributed by atoms with Crippen LogP contribution >= 0.6 is 0 Å². The molecule has 0 saturated heterocycles. The average molecular weight is 246 g/mol. The molecule has 0 bridgehead atoms. The molecule has 2 N–H and O–H groups in total. The summed E-state index contributed by atoms with van der Waals surface area (Å²) < 4.78 is 37.4. The van der Waals surface area contributed by atoms with Crippen molar-refractivity contribution in [3.8, 4) is 0 Å². The normalized spacial score (nSPS) is 12.0. The quantitative estimate of drug-likeness (QED) is 0.658. The molecular weight excluding hydrogens is 237 g/mol. The van der Waals surface area contributed by atoms with Crippen molar-refractivity contribution in [2.45, 2.75) is 6.18 Å². The van der Waals surface area contributed by atoms with Gasteiger partial charge in [-0.15, -0.1) is 0 Å². The highest BCUT2D eigenvalue weighted by molar-refractivity contribution is 5.56. The van der Waals surface area contributed by atoms with Crippen LogP contribution in [0.15, 0.2) is 24.3 Å². The molecule has 0 saturated carbocycles. The van der Waals surface area contributed by atoms with E-state index in [0.717, 1.165) is 12.1 Å². The van der Waals surface area contributed by atoms with Gasteiger partial charge in [0.2, 0.25) is 0 Å². The summed E-state index contributed by atoms with van der Waals surface area (Å²) in [5, 5.41) is 10.5. The molecule has 0 aliphatic heterocycles. The number of nitro benzene ring substituents is 1. The van der Waals surface area contributed by atoms with Gasteiger partial charge < -0.3 is 5.73 Å². The Morgan fingerprint density at radius 3 is 2.47 bits per heavy atom. The van der Waals surface area contributed by atoms with Gasteiger partial charge in [-0.05, 0) is 11.6 Å². The topological polar surface area (TPSA) is 69.2 Å². The lowest BCUT2D eigenvalue weighted by molar-refractivity contribution is -0.385. The molecule has 0 aromatic heterocycles. The van der Waals surface area contributed by atoms with Gasteiger partial charge in [-0.1, -0.05) is 12.2 Å². The number of alkyl halides is 3. The van der Waals surface area contributed by atoms with Gasteiger partial charge in [-0.2, -0.15) is 13.2 Å². The van der Waals surface area contributed by atoms with Crippen molar-refractivity contribution >= 4 is 11.8 Å². The van der Waals surface area contributed by atoms with Crippen molar-refractivity contribution < 1.29 is 18.1 Å². The van der Waals surface area contributed by atoms with Gasteiger partial charge in [0.1, 0.15) is 0 Å². The molecule has 0 heterocycles. The fourth-order valence-electron chi connectivity index (χ4n) is 1.20. The van der Waals surface area contributed by atoms with Gasteiger partial charge in [0.15, 0.2) is 0 Å². The number of rotatable bonds is 3. The van der Waals surface area contributed by atoms with Gasteiger partial charge in [0, 0.05) is 18.7 Å². The fourth-order valence-corrected chi connectivity index (χ4v) is 1.20. The first kappa shape index (κ1) is 13.2. The van der Waals surface area contributed by atoms with E-state index < -0.39 is 22.4 Å². The third-order valence-electron chi connectivity index (χ3n) is 1.92. The third-order valence-corrected chi connectivity index (χ3v) is 1.92. The maximum Gasteiger partial charge on any atom is 0.416 e. The maximum absolute atomic E-state index is 12.5. The van der Waals surface area contributed by atoms with Crippen molar-refractivity contribution in [1.29, 1.82) is 0 Å². The van der Waals surface area contributed by atoms with E-state index in [2.05, 4.69) is 0 Å². The predicted molar refractivity (Wildman–Crippen MR) is 56.2 cm³/mol. The summed E-state index contributed by atoms with van der Waals surface area (Å²) >= 11 is 0. The summed E-state index contributed by atoms with van der Waals surface area (Å²) in [4.78, 5) is 9.63. The molecule has 0 fully saturated rings. The number of halogens is 3. The molecule has 0 spiro atoms.